The highest BCUT2D eigenvalue weighted by Gasteiger charge is 2.28. The first-order valence-electron chi connectivity index (χ1n) is 10.5. The van der Waals surface area contributed by atoms with Gasteiger partial charge in [-0.1, -0.05) is 18.2 Å². The van der Waals surface area contributed by atoms with Crippen LogP contribution in [-0.2, 0) is 0 Å². The first-order chi connectivity index (χ1) is 14.1. The molecule has 0 radical (unpaired) electrons. The number of rotatable bonds is 8. The van der Waals surface area contributed by atoms with Crippen LogP contribution in [0.3, 0.4) is 0 Å². The Morgan fingerprint density at radius 1 is 1.14 bits per heavy atom. The van der Waals surface area contributed by atoms with E-state index in [1.54, 1.807) is 11.8 Å². The quantitative estimate of drug-likeness (QED) is 0.739. The summed E-state index contributed by atoms with van der Waals surface area (Å²) in [6.07, 6.45) is 6.80. The van der Waals surface area contributed by atoms with Crippen molar-refractivity contribution >= 4 is 17.4 Å². The molecule has 1 aliphatic heterocycles. The number of para-hydroxylation sites is 1. The zero-order chi connectivity index (χ0) is 20.2. The molecule has 2 fully saturated rings. The minimum absolute atomic E-state index is 0.197. The molecular formula is C22H30N6O. The molecule has 7 nitrogen and oxygen atoms in total. The van der Waals surface area contributed by atoms with E-state index in [4.69, 9.17) is 5.73 Å². The maximum Gasteiger partial charge on any atom is 0.268 e. The van der Waals surface area contributed by atoms with Crippen molar-refractivity contribution in [1.29, 1.82) is 0 Å². The van der Waals surface area contributed by atoms with Gasteiger partial charge in [-0.15, -0.1) is 0 Å². The minimum Gasteiger partial charge on any atom is -0.369 e. The average Bonchev–Trinajstić information content (AvgIpc) is 3.60. The number of piperazine rings is 1. The Kier molecular flexibility index (Phi) is 5.94. The first-order valence-corrected chi connectivity index (χ1v) is 10.5. The fourth-order valence-electron chi connectivity index (χ4n) is 4.02. The summed E-state index contributed by atoms with van der Waals surface area (Å²) in [6, 6.07) is 8.95. The standard InChI is InChI=1S/C22H30N6O/c1-26(21-16-24-19(15-25-21)22(23)29)9-4-10-27-11-13-28(14-12-27)20-6-3-2-5-18(20)17-7-8-17/h2-3,5-6,15-17H,4,7-14H2,1H3,(H2,23,29). The molecule has 7 heteroatoms. The molecule has 29 heavy (non-hydrogen) atoms. The summed E-state index contributed by atoms with van der Waals surface area (Å²) < 4.78 is 0. The molecule has 4 rings (SSSR count). The van der Waals surface area contributed by atoms with Crippen LogP contribution in [0.5, 0.6) is 0 Å². The Morgan fingerprint density at radius 2 is 1.90 bits per heavy atom. The van der Waals surface area contributed by atoms with Gasteiger partial charge in [0.25, 0.3) is 5.91 Å². The highest BCUT2D eigenvalue weighted by atomic mass is 16.1. The molecule has 1 aliphatic carbocycles. The zero-order valence-corrected chi connectivity index (χ0v) is 17.1. The lowest BCUT2D eigenvalue weighted by atomic mass is 10.1. The van der Waals surface area contributed by atoms with Crippen LogP contribution in [0, 0.1) is 0 Å². The normalized spacial score (nSPS) is 17.3. The second-order valence-corrected chi connectivity index (χ2v) is 8.06. The maximum atomic E-state index is 11.1. The third-order valence-corrected chi connectivity index (χ3v) is 5.92. The lowest BCUT2D eigenvalue weighted by Crippen LogP contribution is -2.47. The molecule has 1 aromatic carbocycles. The van der Waals surface area contributed by atoms with E-state index in [1.807, 2.05) is 7.05 Å². The fraction of sp³-hybridized carbons (Fsp3) is 0.500. The van der Waals surface area contributed by atoms with Crippen LogP contribution >= 0.6 is 0 Å². The predicted octanol–water partition coefficient (Wildman–Crippen LogP) is 2.10. The second kappa shape index (κ2) is 8.78. The van der Waals surface area contributed by atoms with E-state index >= 15 is 0 Å². The summed E-state index contributed by atoms with van der Waals surface area (Å²) >= 11 is 0. The summed E-state index contributed by atoms with van der Waals surface area (Å²) in [5.74, 6) is 1.00. The summed E-state index contributed by atoms with van der Waals surface area (Å²) in [5.41, 5.74) is 8.41. The fourth-order valence-corrected chi connectivity index (χ4v) is 4.02. The van der Waals surface area contributed by atoms with Crippen molar-refractivity contribution in [2.24, 2.45) is 5.73 Å². The van der Waals surface area contributed by atoms with Crippen LogP contribution < -0.4 is 15.5 Å². The number of nitrogens with two attached hydrogens (primary N) is 1. The van der Waals surface area contributed by atoms with Crippen molar-refractivity contribution < 1.29 is 4.79 Å². The number of nitrogens with zero attached hydrogens (tertiary/aromatic N) is 5. The molecule has 1 amide bonds. The molecule has 0 unspecified atom stereocenters. The Bertz CT molecular complexity index is 827. The number of carbonyl (C=O) groups is 1. The monoisotopic (exact) mass is 394 g/mol. The van der Waals surface area contributed by atoms with Gasteiger partial charge in [0.1, 0.15) is 11.5 Å². The largest absolute Gasteiger partial charge is 0.369 e. The van der Waals surface area contributed by atoms with Crippen LogP contribution in [-0.4, -0.2) is 67.1 Å². The highest BCUT2D eigenvalue weighted by molar-refractivity contribution is 5.90. The van der Waals surface area contributed by atoms with Crippen LogP contribution in [0.15, 0.2) is 36.7 Å². The Labute approximate surface area is 172 Å². The molecule has 2 aromatic rings. The minimum atomic E-state index is -0.550. The summed E-state index contributed by atoms with van der Waals surface area (Å²) in [5, 5.41) is 0. The van der Waals surface area contributed by atoms with Gasteiger partial charge >= 0.3 is 0 Å². The van der Waals surface area contributed by atoms with E-state index in [0.717, 1.165) is 57.4 Å². The van der Waals surface area contributed by atoms with Crippen LogP contribution in [0.2, 0.25) is 0 Å². The predicted molar refractivity (Wildman–Crippen MR) is 116 cm³/mol. The number of hydrogen-bond acceptors (Lipinski definition) is 6. The van der Waals surface area contributed by atoms with Gasteiger partial charge in [-0.05, 0) is 43.4 Å². The third kappa shape index (κ3) is 4.85. The van der Waals surface area contributed by atoms with Gasteiger partial charge in [0.05, 0.1) is 12.4 Å². The Morgan fingerprint density at radius 3 is 2.55 bits per heavy atom. The average molecular weight is 395 g/mol. The number of carbonyl (C=O) groups excluding carboxylic acids is 1. The lowest BCUT2D eigenvalue weighted by molar-refractivity contribution is 0.0995. The number of amides is 1. The van der Waals surface area contributed by atoms with E-state index < -0.39 is 5.91 Å². The molecule has 0 spiro atoms. The van der Waals surface area contributed by atoms with Gasteiger partial charge in [0.15, 0.2) is 0 Å². The van der Waals surface area contributed by atoms with Crippen molar-refractivity contribution in [3.05, 3.63) is 47.9 Å². The van der Waals surface area contributed by atoms with Crippen LogP contribution in [0.1, 0.15) is 41.2 Å². The summed E-state index contributed by atoms with van der Waals surface area (Å²) in [7, 11) is 2.00. The third-order valence-electron chi connectivity index (χ3n) is 5.92. The second-order valence-electron chi connectivity index (χ2n) is 8.06. The molecule has 1 saturated carbocycles. The molecule has 2 heterocycles. The van der Waals surface area contributed by atoms with Crippen molar-refractivity contribution in [3.8, 4) is 0 Å². The van der Waals surface area contributed by atoms with Gasteiger partial charge < -0.3 is 15.5 Å². The number of primary amides is 1. The van der Waals surface area contributed by atoms with Crippen molar-refractivity contribution in [1.82, 2.24) is 14.9 Å². The van der Waals surface area contributed by atoms with Gasteiger partial charge in [0.2, 0.25) is 0 Å². The van der Waals surface area contributed by atoms with E-state index in [9.17, 15) is 4.79 Å². The van der Waals surface area contributed by atoms with Gasteiger partial charge in [-0.25, -0.2) is 9.97 Å². The van der Waals surface area contributed by atoms with E-state index in [2.05, 4.69) is 48.9 Å². The maximum absolute atomic E-state index is 11.1. The molecule has 154 valence electrons. The number of benzene rings is 1. The Balaban J connectivity index is 1.22. The number of hydrogen-bond donors (Lipinski definition) is 1. The van der Waals surface area contributed by atoms with E-state index in [0.29, 0.717) is 0 Å². The molecule has 2 aliphatic rings. The lowest BCUT2D eigenvalue weighted by Gasteiger charge is -2.37. The number of aromatic nitrogens is 2. The molecule has 2 N–H and O–H groups in total. The topological polar surface area (TPSA) is 78.6 Å². The van der Waals surface area contributed by atoms with Crippen molar-refractivity contribution in [2.75, 3.05) is 56.1 Å². The summed E-state index contributed by atoms with van der Waals surface area (Å²) in [6.45, 7) is 6.38. The van der Waals surface area contributed by atoms with Crippen molar-refractivity contribution in [3.63, 3.8) is 0 Å². The zero-order valence-electron chi connectivity index (χ0n) is 17.1. The van der Waals surface area contributed by atoms with Gasteiger partial charge in [-0.3, -0.25) is 9.69 Å². The number of anilines is 2. The van der Waals surface area contributed by atoms with Gasteiger partial charge in [-0.2, -0.15) is 0 Å². The highest BCUT2D eigenvalue weighted by Crippen LogP contribution is 2.44. The molecule has 0 atom stereocenters. The SMILES string of the molecule is CN(CCCN1CCN(c2ccccc2C2CC2)CC1)c1cnc(C(N)=O)cn1. The van der Waals surface area contributed by atoms with Gasteiger partial charge in [0, 0.05) is 45.5 Å². The first kappa shape index (κ1) is 19.6. The van der Waals surface area contributed by atoms with Crippen molar-refractivity contribution in [2.45, 2.75) is 25.2 Å². The van der Waals surface area contributed by atoms with Crippen LogP contribution in [0.4, 0.5) is 11.5 Å². The smallest absolute Gasteiger partial charge is 0.268 e. The van der Waals surface area contributed by atoms with E-state index in [1.165, 1.54) is 24.7 Å². The van der Waals surface area contributed by atoms with E-state index in [-0.39, 0.29) is 5.69 Å². The Hall–Kier alpha value is -2.67. The van der Waals surface area contributed by atoms with Crippen LogP contribution in [0.25, 0.3) is 0 Å². The molecule has 1 aromatic heterocycles. The summed E-state index contributed by atoms with van der Waals surface area (Å²) in [4.78, 5) is 26.6. The molecule has 0 bridgehead atoms. The molecule has 1 saturated heterocycles. The molecular weight excluding hydrogens is 364 g/mol.